The van der Waals surface area contributed by atoms with Crippen LogP contribution < -0.4 is 5.32 Å². The van der Waals surface area contributed by atoms with Gasteiger partial charge in [0.1, 0.15) is 0 Å². The van der Waals surface area contributed by atoms with Crippen molar-refractivity contribution < 1.29 is 0 Å². The fourth-order valence-electron chi connectivity index (χ4n) is 3.91. The van der Waals surface area contributed by atoms with Crippen LogP contribution in [0.3, 0.4) is 0 Å². The van der Waals surface area contributed by atoms with Crippen LogP contribution in [0.1, 0.15) is 65.7 Å². The highest BCUT2D eigenvalue weighted by Crippen LogP contribution is 2.39. The lowest BCUT2D eigenvalue weighted by Gasteiger charge is -2.37. The van der Waals surface area contributed by atoms with Gasteiger partial charge in [0.2, 0.25) is 0 Å². The number of nitrogens with one attached hydrogen (secondary N) is 1. The predicted molar refractivity (Wildman–Crippen MR) is 79.6 cm³/mol. The standard InChI is InChI=1S/C17H30N2/c1-17(2,3)15-9-7-13(8-10-15)12-19-16-6-4-5-14(16)11-18/h13-16,19H,4-10,12H2,1-3H3. The van der Waals surface area contributed by atoms with Gasteiger partial charge in [-0.3, -0.25) is 0 Å². The van der Waals surface area contributed by atoms with Crippen LogP contribution in [0.5, 0.6) is 0 Å². The summed E-state index contributed by atoms with van der Waals surface area (Å²) in [6.07, 6.45) is 9.06. The van der Waals surface area contributed by atoms with Crippen molar-refractivity contribution in [3.8, 4) is 6.07 Å². The van der Waals surface area contributed by atoms with Crippen LogP contribution in [-0.4, -0.2) is 12.6 Å². The Kier molecular flexibility index (Phi) is 4.90. The molecule has 0 spiro atoms. The van der Waals surface area contributed by atoms with E-state index in [-0.39, 0.29) is 5.92 Å². The highest BCUT2D eigenvalue weighted by atomic mass is 14.9. The summed E-state index contributed by atoms with van der Waals surface area (Å²) in [4.78, 5) is 0. The van der Waals surface area contributed by atoms with Crippen molar-refractivity contribution >= 4 is 0 Å². The Labute approximate surface area is 119 Å². The van der Waals surface area contributed by atoms with E-state index in [4.69, 9.17) is 5.26 Å². The van der Waals surface area contributed by atoms with Gasteiger partial charge in [0.25, 0.3) is 0 Å². The molecule has 2 heteroatoms. The third-order valence-electron chi connectivity index (χ3n) is 5.42. The summed E-state index contributed by atoms with van der Waals surface area (Å²) >= 11 is 0. The smallest absolute Gasteiger partial charge is 0.0672 e. The predicted octanol–water partition coefficient (Wildman–Crippen LogP) is 4.12. The van der Waals surface area contributed by atoms with Gasteiger partial charge in [-0.25, -0.2) is 0 Å². The van der Waals surface area contributed by atoms with Crippen molar-refractivity contribution in [2.75, 3.05) is 6.54 Å². The lowest BCUT2D eigenvalue weighted by atomic mass is 9.70. The van der Waals surface area contributed by atoms with Gasteiger partial charge in [0.05, 0.1) is 12.0 Å². The van der Waals surface area contributed by atoms with Crippen LogP contribution in [0.25, 0.3) is 0 Å². The first-order valence-electron chi connectivity index (χ1n) is 8.13. The van der Waals surface area contributed by atoms with Crippen molar-refractivity contribution in [3.05, 3.63) is 0 Å². The van der Waals surface area contributed by atoms with Gasteiger partial charge in [-0.2, -0.15) is 5.26 Å². The zero-order valence-corrected chi connectivity index (χ0v) is 12.9. The first kappa shape index (κ1) is 14.9. The number of hydrogen-bond acceptors (Lipinski definition) is 2. The number of hydrogen-bond donors (Lipinski definition) is 1. The van der Waals surface area contributed by atoms with Crippen LogP contribution in [0, 0.1) is 34.5 Å². The molecule has 2 fully saturated rings. The molecule has 0 amide bonds. The van der Waals surface area contributed by atoms with Crippen LogP contribution in [-0.2, 0) is 0 Å². The molecule has 0 aromatic carbocycles. The Balaban J connectivity index is 1.70. The maximum atomic E-state index is 9.11. The van der Waals surface area contributed by atoms with E-state index in [1.54, 1.807) is 0 Å². The molecule has 2 aliphatic rings. The maximum absolute atomic E-state index is 9.11. The van der Waals surface area contributed by atoms with E-state index in [1.165, 1.54) is 38.5 Å². The topological polar surface area (TPSA) is 35.8 Å². The van der Waals surface area contributed by atoms with E-state index in [9.17, 15) is 0 Å². The fraction of sp³-hybridized carbons (Fsp3) is 0.941. The molecule has 0 heterocycles. The molecule has 2 nitrogen and oxygen atoms in total. The third kappa shape index (κ3) is 3.96. The summed E-state index contributed by atoms with van der Waals surface area (Å²) < 4.78 is 0. The normalized spacial score (nSPS) is 36.1. The Bertz CT molecular complexity index is 315. The molecular formula is C17H30N2. The van der Waals surface area contributed by atoms with Gasteiger partial charge in [-0.1, -0.05) is 27.2 Å². The van der Waals surface area contributed by atoms with E-state index < -0.39 is 0 Å². The monoisotopic (exact) mass is 262 g/mol. The first-order chi connectivity index (χ1) is 9.00. The largest absolute Gasteiger partial charge is 0.312 e. The highest BCUT2D eigenvalue weighted by Gasteiger charge is 2.31. The zero-order chi connectivity index (χ0) is 13.9. The first-order valence-corrected chi connectivity index (χ1v) is 8.13. The highest BCUT2D eigenvalue weighted by molar-refractivity contribution is 4.96. The summed E-state index contributed by atoms with van der Waals surface area (Å²) in [6.45, 7) is 8.28. The summed E-state index contributed by atoms with van der Waals surface area (Å²) in [5, 5.41) is 12.8. The molecule has 108 valence electrons. The van der Waals surface area contributed by atoms with Gasteiger partial charge in [0.15, 0.2) is 0 Å². The third-order valence-corrected chi connectivity index (χ3v) is 5.42. The molecule has 1 N–H and O–H groups in total. The number of nitrogens with zero attached hydrogens (tertiary/aromatic N) is 1. The van der Waals surface area contributed by atoms with Crippen molar-refractivity contribution in [1.82, 2.24) is 5.32 Å². The van der Waals surface area contributed by atoms with E-state index in [2.05, 4.69) is 32.2 Å². The van der Waals surface area contributed by atoms with Crippen LogP contribution >= 0.6 is 0 Å². The summed E-state index contributed by atoms with van der Waals surface area (Å²) in [5.74, 6) is 2.02. The maximum Gasteiger partial charge on any atom is 0.0672 e. The molecule has 0 radical (unpaired) electrons. The zero-order valence-electron chi connectivity index (χ0n) is 12.9. The molecule has 0 aromatic rings. The second-order valence-electron chi connectivity index (χ2n) is 7.76. The molecule has 19 heavy (non-hydrogen) atoms. The van der Waals surface area contributed by atoms with Crippen LogP contribution in [0.2, 0.25) is 0 Å². The van der Waals surface area contributed by atoms with E-state index >= 15 is 0 Å². The van der Waals surface area contributed by atoms with Gasteiger partial charge < -0.3 is 5.32 Å². The molecule has 2 rings (SSSR count). The Morgan fingerprint density at radius 3 is 2.32 bits per heavy atom. The fourth-order valence-corrected chi connectivity index (χ4v) is 3.91. The lowest BCUT2D eigenvalue weighted by molar-refractivity contribution is 0.147. The lowest BCUT2D eigenvalue weighted by Crippen LogP contribution is -2.37. The van der Waals surface area contributed by atoms with Crippen molar-refractivity contribution in [2.24, 2.45) is 23.2 Å². The second kappa shape index (κ2) is 6.27. The Morgan fingerprint density at radius 2 is 1.74 bits per heavy atom. The van der Waals surface area contributed by atoms with E-state index in [0.717, 1.165) is 24.8 Å². The number of nitriles is 1. The summed E-state index contributed by atoms with van der Waals surface area (Å²) in [6, 6.07) is 2.94. The minimum atomic E-state index is 0.269. The molecule has 2 aliphatic carbocycles. The van der Waals surface area contributed by atoms with E-state index in [1.807, 2.05) is 0 Å². The molecule has 0 aliphatic heterocycles. The van der Waals surface area contributed by atoms with Gasteiger partial charge >= 0.3 is 0 Å². The SMILES string of the molecule is CC(C)(C)C1CCC(CNC2CCCC2C#N)CC1. The average molecular weight is 262 g/mol. The van der Waals surface area contributed by atoms with Gasteiger partial charge in [-0.15, -0.1) is 0 Å². The minimum absolute atomic E-state index is 0.269. The number of rotatable bonds is 3. The molecule has 2 saturated carbocycles. The second-order valence-corrected chi connectivity index (χ2v) is 7.76. The molecule has 2 atom stereocenters. The van der Waals surface area contributed by atoms with Crippen LogP contribution in [0.4, 0.5) is 0 Å². The Hall–Kier alpha value is -0.550. The minimum Gasteiger partial charge on any atom is -0.312 e. The van der Waals surface area contributed by atoms with Gasteiger partial charge in [0, 0.05) is 6.04 Å². The summed E-state index contributed by atoms with van der Waals surface area (Å²) in [7, 11) is 0. The molecule has 0 aromatic heterocycles. The van der Waals surface area contributed by atoms with Crippen LogP contribution in [0.15, 0.2) is 0 Å². The van der Waals surface area contributed by atoms with Crippen molar-refractivity contribution in [1.29, 1.82) is 5.26 Å². The molecule has 0 bridgehead atoms. The molecule has 0 saturated heterocycles. The molecule has 2 unspecified atom stereocenters. The quantitative estimate of drug-likeness (QED) is 0.830. The van der Waals surface area contributed by atoms with Crippen molar-refractivity contribution in [3.63, 3.8) is 0 Å². The summed E-state index contributed by atoms with van der Waals surface area (Å²) in [5.41, 5.74) is 0.482. The van der Waals surface area contributed by atoms with Crippen molar-refractivity contribution in [2.45, 2.75) is 71.8 Å². The molecular weight excluding hydrogens is 232 g/mol. The van der Waals surface area contributed by atoms with E-state index in [0.29, 0.717) is 11.5 Å². The Morgan fingerprint density at radius 1 is 1.05 bits per heavy atom. The average Bonchev–Trinajstić information content (AvgIpc) is 2.83. The van der Waals surface area contributed by atoms with Gasteiger partial charge in [-0.05, 0) is 62.3 Å².